The van der Waals surface area contributed by atoms with Crippen molar-refractivity contribution in [2.75, 3.05) is 0 Å². The average Bonchev–Trinajstić information content (AvgIpc) is 2.93. The van der Waals surface area contributed by atoms with E-state index in [1.165, 1.54) is 6.08 Å². The fraction of sp³-hybridized carbons (Fsp3) is 0. The van der Waals surface area contributed by atoms with E-state index in [0.29, 0.717) is 16.7 Å². The predicted molar refractivity (Wildman–Crippen MR) is 98.7 cm³/mol. The molecule has 0 bridgehead atoms. The Morgan fingerprint density at radius 2 is 1.89 bits per heavy atom. The summed E-state index contributed by atoms with van der Waals surface area (Å²) in [7, 11) is 0. The van der Waals surface area contributed by atoms with Crippen LogP contribution in [0.15, 0.2) is 47.3 Å². The lowest BCUT2D eigenvalue weighted by molar-refractivity contribution is 0.576. The van der Waals surface area contributed by atoms with Gasteiger partial charge in [-0.25, -0.2) is 8.78 Å². The average molecular weight is 400 g/mol. The fourth-order valence-corrected chi connectivity index (χ4v) is 3.65. The monoisotopic (exact) mass is 399 g/mol. The molecule has 3 aromatic rings. The summed E-state index contributed by atoms with van der Waals surface area (Å²) in [5.74, 6) is -1.79. The molecule has 1 heterocycles. The van der Waals surface area contributed by atoms with Crippen LogP contribution in [-0.4, -0.2) is 4.57 Å². The molecule has 0 aliphatic carbocycles. The molecule has 2 aromatic carbocycles. The Bertz CT molecular complexity index is 1300. The maximum Gasteiger partial charge on any atom is 0.273 e. The van der Waals surface area contributed by atoms with E-state index in [-0.39, 0.29) is 20.5 Å². The number of hydrogen-bond acceptors (Lipinski definition) is 4. The van der Waals surface area contributed by atoms with Crippen LogP contribution in [-0.2, 0) is 0 Å². The quantitative estimate of drug-likeness (QED) is 0.665. The van der Waals surface area contributed by atoms with Crippen molar-refractivity contribution in [2.45, 2.75) is 0 Å². The lowest BCUT2D eigenvalue weighted by atomic mass is 10.2. The molecule has 0 aliphatic heterocycles. The molecule has 0 radical (unpaired) electrons. The highest BCUT2D eigenvalue weighted by molar-refractivity contribution is 7.07. The third-order valence-electron chi connectivity index (χ3n) is 3.56. The second kappa shape index (κ2) is 7.55. The highest BCUT2D eigenvalue weighted by atomic mass is 35.5. The third-order valence-corrected chi connectivity index (χ3v) is 4.89. The van der Waals surface area contributed by atoms with Gasteiger partial charge in [-0.05, 0) is 35.9 Å². The number of hydrogen-bond donors (Lipinski definition) is 0. The van der Waals surface area contributed by atoms with E-state index in [4.69, 9.17) is 11.6 Å². The minimum atomic E-state index is -0.985. The molecule has 0 spiro atoms. The molecule has 0 amide bonds. The van der Waals surface area contributed by atoms with E-state index in [1.807, 2.05) is 0 Å². The minimum Gasteiger partial charge on any atom is -0.267 e. The van der Waals surface area contributed by atoms with E-state index >= 15 is 0 Å². The first-order chi connectivity index (χ1) is 12.9. The number of benzene rings is 2. The van der Waals surface area contributed by atoms with Crippen molar-refractivity contribution < 1.29 is 8.78 Å². The van der Waals surface area contributed by atoms with Crippen LogP contribution in [0.1, 0.15) is 5.56 Å². The van der Waals surface area contributed by atoms with Gasteiger partial charge in [-0.1, -0.05) is 23.7 Å². The second-order valence-corrected chi connectivity index (χ2v) is 6.77. The van der Waals surface area contributed by atoms with Gasteiger partial charge in [0.2, 0.25) is 0 Å². The minimum absolute atomic E-state index is 0.0382. The van der Waals surface area contributed by atoms with Gasteiger partial charge in [0.25, 0.3) is 5.56 Å². The van der Waals surface area contributed by atoms with E-state index in [2.05, 4.69) is 0 Å². The van der Waals surface area contributed by atoms with Crippen molar-refractivity contribution in [2.24, 2.45) is 0 Å². The molecule has 1 aromatic heterocycles. The molecule has 8 heteroatoms. The molecule has 27 heavy (non-hydrogen) atoms. The summed E-state index contributed by atoms with van der Waals surface area (Å²) in [5.41, 5.74) is -0.619. The molecule has 4 nitrogen and oxygen atoms in total. The number of nitrogens with zero attached hydrogens (tertiary/aromatic N) is 3. The summed E-state index contributed by atoms with van der Waals surface area (Å²) in [4.78, 5) is 12.9. The smallest absolute Gasteiger partial charge is 0.267 e. The first-order valence-corrected chi connectivity index (χ1v) is 8.63. The Kier molecular flexibility index (Phi) is 5.18. The van der Waals surface area contributed by atoms with Gasteiger partial charge in [0.05, 0.1) is 10.2 Å². The number of nitriles is 2. The van der Waals surface area contributed by atoms with Crippen molar-refractivity contribution in [1.82, 2.24) is 4.57 Å². The molecule has 0 aliphatic rings. The van der Waals surface area contributed by atoms with Crippen LogP contribution in [0, 0.1) is 34.3 Å². The van der Waals surface area contributed by atoms with E-state index in [0.717, 1.165) is 28.0 Å². The third kappa shape index (κ3) is 3.65. The van der Waals surface area contributed by atoms with Gasteiger partial charge in [-0.3, -0.25) is 9.36 Å². The summed E-state index contributed by atoms with van der Waals surface area (Å²) in [6.45, 7) is 0. The zero-order chi connectivity index (χ0) is 19.6. The normalized spacial score (nSPS) is 11.1. The van der Waals surface area contributed by atoms with Gasteiger partial charge in [-0.15, -0.1) is 11.3 Å². The Morgan fingerprint density at radius 3 is 2.52 bits per heavy atom. The van der Waals surface area contributed by atoms with Crippen LogP contribution < -0.4 is 14.8 Å². The van der Waals surface area contributed by atoms with Gasteiger partial charge in [0.15, 0.2) is 5.57 Å². The Morgan fingerprint density at radius 1 is 1.15 bits per heavy atom. The topological polar surface area (TPSA) is 69.6 Å². The van der Waals surface area contributed by atoms with Gasteiger partial charge in [-0.2, -0.15) is 10.5 Å². The first kappa shape index (κ1) is 18.5. The zero-order valence-electron chi connectivity index (χ0n) is 13.4. The summed E-state index contributed by atoms with van der Waals surface area (Å²) in [6.07, 6.45) is 1.52. The number of thiazole rings is 1. The number of rotatable bonds is 2. The summed E-state index contributed by atoms with van der Waals surface area (Å²) >= 11 is 6.80. The molecule has 132 valence electrons. The molecule has 0 unspecified atom stereocenters. The lowest BCUT2D eigenvalue weighted by Gasteiger charge is -2.03. The number of halogens is 3. The van der Waals surface area contributed by atoms with Gasteiger partial charge >= 0.3 is 0 Å². The van der Waals surface area contributed by atoms with Gasteiger partial charge < -0.3 is 0 Å². The van der Waals surface area contributed by atoms with Crippen LogP contribution >= 0.6 is 22.9 Å². The van der Waals surface area contributed by atoms with Gasteiger partial charge in [0, 0.05) is 11.1 Å². The zero-order valence-corrected chi connectivity index (χ0v) is 15.0. The Labute approximate surface area is 160 Å². The Hall–Kier alpha value is -3.26. The van der Waals surface area contributed by atoms with Crippen molar-refractivity contribution in [3.05, 3.63) is 84.2 Å². The molecular weight excluding hydrogens is 392 g/mol. The maximum atomic E-state index is 14.3. The molecular formula is C19H8ClF2N3OS. The van der Waals surface area contributed by atoms with Crippen LogP contribution in [0.4, 0.5) is 8.78 Å². The molecule has 0 saturated heterocycles. The molecule has 0 N–H and O–H groups in total. The lowest BCUT2D eigenvalue weighted by Crippen LogP contribution is -2.31. The van der Waals surface area contributed by atoms with E-state index in [1.54, 1.807) is 36.4 Å². The summed E-state index contributed by atoms with van der Waals surface area (Å²) < 4.78 is 28.5. The molecule has 0 atom stereocenters. The first-order valence-electron chi connectivity index (χ1n) is 7.43. The van der Waals surface area contributed by atoms with Crippen molar-refractivity contribution in [1.29, 1.82) is 10.5 Å². The van der Waals surface area contributed by atoms with Crippen LogP contribution in [0.2, 0.25) is 5.02 Å². The molecule has 0 saturated carbocycles. The number of aromatic nitrogens is 1. The highest BCUT2D eigenvalue weighted by Gasteiger charge is 2.15. The summed E-state index contributed by atoms with van der Waals surface area (Å²) in [5, 5.41) is 18.8. The van der Waals surface area contributed by atoms with Crippen LogP contribution in [0.5, 0.6) is 0 Å². The van der Waals surface area contributed by atoms with Crippen LogP contribution in [0.3, 0.4) is 0 Å². The van der Waals surface area contributed by atoms with Crippen molar-refractivity contribution in [3.8, 4) is 17.8 Å². The van der Waals surface area contributed by atoms with Crippen molar-refractivity contribution >= 4 is 34.6 Å². The standard InChI is InChI=1S/C19H8ClF2N3OS/c20-13-3-1-2-11(6-13)7-17-18(26)25(19(27-17)12(9-23)10-24)16-5-4-14(21)8-15(16)22/h1-8H/b17-7+. The van der Waals surface area contributed by atoms with E-state index in [9.17, 15) is 24.1 Å². The highest BCUT2D eigenvalue weighted by Crippen LogP contribution is 2.13. The van der Waals surface area contributed by atoms with Crippen LogP contribution in [0.25, 0.3) is 17.3 Å². The summed E-state index contributed by atoms with van der Waals surface area (Å²) in [6, 6.07) is 12.8. The van der Waals surface area contributed by atoms with Gasteiger partial charge in [0.1, 0.15) is 28.4 Å². The Balaban J connectivity index is 2.43. The SMILES string of the molecule is N#CC(C#N)=c1s/c(=C/c2cccc(Cl)c2)c(=O)n1-c1ccc(F)cc1F. The molecule has 0 fully saturated rings. The van der Waals surface area contributed by atoms with E-state index < -0.39 is 17.2 Å². The fourth-order valence-electron chi connectivity index (χ4n) is 2.40. The maximum absolute atomic E-state index is 14.3. The predicted octanol–water partition coefficient (Wildman–Crippen LogP) is 2.86. The largest absolute Gasteiger partial charge is 0.273 e. The molecule has 3 rings (SSSR count). The van der Waals surface area contributed by atoms with Crippen molar-refractivity contribution in [3.63, 3.8) is 0 Å². The second-order valence-electron chi connectivity index (χ2n) is 5.31.